The van der Waals surface area contributed by atoms with Crippen molar-refractivity contribution in [2.75, 3.05) is 29.9 Å². The molecule has 0 bridgehead atoms. The third kappa shape index (κ3) is 4.72. The van der Waals surface area contributed by atoms with Crippen molar-refractivity contribution in [2.24, 2.45) is 12.5 Å². The fraction of sp³-hybridized carbons (Fsp3) is 0.423. The topological polar surface area (TPSA) is 87.5 Å². The van der Waals surface area contributed by atoms with Crippen LogP contribution < -0.4 is 15.8 Å². The standard InChI is InChI=1S/C26H32N4O3/c1-17-15-18(9-12-27-21-8-6-5-7-19(21)24(32)33)22-20(16-17)23(31)29(4)25(28-22)30-13-10-26(2,3)11-14-30/h5-8,15-16,27H,9-14H2,1-4H3,(H,32,33). The number of piperidine rings is 1. The fourth-order valence-electron chi connectivity index (χ4n) is 4.54. The molecule has 7 nitrogen and oxygen atoms in total. The first-order valence-corrected chi connectivity index (χ1v) is 11.5. The summed E-state index contributed by atoms with van der Waals surface area (Å²) in [6.07, 6.45) is 2.75. The van der Waals surface area contributed by atoms with E-state index in [0.29, 0.717) is 29.5 Å². The van der Waals surface area contributed by atoms with Gasteiger partial charge in [0.05, 0.1) is 16.5 Å². The molecule has 0 aliphatic carbocycles. The minimum Gasteiger partial charge on any atom is -0.478 e. The van der Waals surface area contributed by atoms with Gasteiger partial charge in [0.1, 0.15) is 0 Å². The number of aromatic carboxylic acids is 1. The van der Waals surface area contributed by atoms with E-state index in [0.717, 1.165) is 48.5 Å². The number of hydrogen-bond acceptors (Lipinski definition) is 5. The molecule has 7 heteroatoms. The number of hydrogen-bond donors (Lipinski definition) is 2. The Bertz CT molecular complexity index is 1250. The Labute approximate surface area is 194 Å². The summed E-state index contributed by atoms with van der Waals surface area (Å²) in [6.45, 7) is 8.85. The third-order valence-corrected chi connectivity index (χ3v) is 6.65. The molecule has 0 spiro atoms. The molecule has 1 aliphatic rings. The van der Waals surface area contributed by atoms with Crippen molar-refractivity contribution in [3.63, 3.8) is 0 Å². The van der Waals surface area contributed by atoms with Gasteiger partial charge in [0.2, 0.25) is 5.95 Å². The number of carbonyl (C=O) groups is 1. The van der Waals surface area contributed by atoms with Crippen molar-refractivity contribution in [1.82, 2.24) is 9.55 Å². The molecular formula is C26H32N4O3. The molecule has 0 atom stereocenters. The van der Waals surface area contributed by atoms with Crippen LogP contribution in [0.4, 0.5) is 11.6 Å². The Morgan fingerprint density at radius 1 is 1.18 bits per heavy atom. The molecule has 1 saturated heterocycles. The van der Waals surface area contributed by atoms with E-state index < -0.39 is 5.97 Å². The highest BCUT2D eigenvalue weighted by atomic mass is 16.4. The van der Waals surface area contributed by atoms with Crippen molar-refractivity contribution in [3.8, 4) is 0 Å². The van der Waals surface area contributed by atoms with Gasteiger partial charge in [0.15, 0.2) is 0 Å². The number of para-hydroxylation sites is 1. The van der Waals surface area contributed by atoms with Gasteiger partial charge in [-0.25, -0.2) is 9.78 Å². The van der Waals surface area contributed by atoms with Crippen LogP contribution in [0.25, 0.3) is 10.9 Å². The van der Waals surface area contributed by atoms with Gasteiger partial charge in [0.25, 0.3) is 5.56 Å². The number of nitrogens with one attached hydrogen (secondary N) is 1. The van der Waals surface area contributed by atoms with E-state index in [1.807, 2.05) is 19.1 Å². The summed E-state index contributed by atoms with van der Waals surface area (Å²) in [5.74, 6) is -0.240. The van der Waals surface area contributed by atoms with Crippen LogP contribution in [-0.4, -0.2) is 40.3 Å². The van der Waals surface area contributed by atoms with Gasteiger partial charge < -0.3 is 15.3 Å². The molecule has 1 aliphatic heterocycles. The highest BCUT2D eigenvalue weighted by Gasteiger charge is 2.27. The molecule has 4 rings (SSSR count). The largest absolute Gasteiger partial charge is 0.478 e. The average Bonchev–Trinajstić information content (AvgIpc) is 2.77. The molecule has 2 N–H and O–H groups in total. The lowest BCUT2D eigenvalue weighted by Gasteiger charge is -2.38. The van der Waals surface area contributed by atoms with Crippen LogP contribution in [0.3, 0.4) is 0 Å². The highest BCUT2D eigenvalue weighted by molar-refractivity contribution is 5.94. The maximum absolute atomic E-state index is 13.3. The number of aromatic nitrogens is 2. The number of benzene rings is 2. The van der Waals surface area contributed by atoms with E-state index in [-0.39, 0.29) is 11.1 Å². The summed E-state index contributed by atoms with van der Waals surface area (Å²) < 4.78 is 1.67. The molecular weight excluding hydrogens is 416 g/mol. The zero-order valence-corrected chi connectivity index (χ0v) is 19.8. The minimum absolute atomic E-state index is 0.0334. The first kappa shape index (κ1) is 22.8. The lowest BCUT2D eigenvalue weighted by Crippen LogP contribution is -2.40. The predicted octanol–water partition coefficient (Wildman–Crippen LogP) is 4.22. The molecule has 2 heterocycles. The smallest absolute Gasteiger partial charge is 0.337 e. The van der Waals surface area contributed by atoms with E-state index >= 15 is 0 Å². The average molecular weight is 449 g/mol. The molecule has 33 heavy (non-hydrogen) atoms. The zero-order valence-electron chi connectivity index (χ0n) is 19.8. The van der Waals surface area contributed by atoms with Gasteiger partial charge in [-0.2, -0.15) is 0 Å². The van der Waals surface area contributed by atoms with Crippen LogP contribution in [0.5, 0.6) is 0 Å². The third-order valence-electron chi connectivity index (χ3n) is 6.65. The molecule has 0 saturated carbocycles. The second kappa shape index (κ2) is 8.89. The van der Waals surface area contributed by atoms with E-state index in [2.05, 4.69) is 30.1 Å². The van der Waals surface area contributed by atoms with Crippen LogP contribution >= 0.6 is 0 Å². The number of carboxylic acids is 1. The zero-order chi connectivity index (χ0) is 23.8. The van der Waals surface area contributed by atoms with Crippen LogP contribution in [-0.2, 0) is 13.5 Å². The van der Waals surface area contributed by atoms with E-state index in [4.69, 9.17) is 4.98 Å². The normalized spacial score (nSPS) is 15.6. The van der Waals surface area contributed by atoms with Crippen molar-refractivity contribution in [2.45, 2.75) is 40.0 Å². The van der Waals surface area contributed by atoms with Crippen LogP contribution in [0, 0.1) is 12.3 Å². The maximum Gasteiger partial charge on any atom is 0.337 e. The molecule has 1 aromatic heterocycles. The van der Waals surface area contributed by atoms with Crippen LogP contribution in [0.15, 0.2) is 41.2 Å². The Balaban J connectivity index is 1.65. The van der Waals surface area contributed by atoms with E-state index in [9.17, 15) is 14.7 Å². The van der Waals surface area contributed by atoms with Gasteiger partial charge in [-0.15, -0.1) is 0 Å². The summed E-state index contributed by atoms with van der Waals surface area (Å²) >= 11 is 0. The van der Waals surface area contributed by atoms with Gasteiger partial charge in [0, 0.05) is 32.4 Å². The predicted molar refractivity (Wildman–Crippen MR) is 133 cm³/mol. The molecule has 0 amide bonds. The molecule has 1 fully saturated rings. The van der Waals surface area contributed by atoms with Crippen LogP contribution in [0.1, 0.15) is 48.2 Å². The molecule has 3 aromatic rings. The van der Waals surface area contributed by atoms with Gasteiger partial charge >= 0.3 is 5.97 Å². The van der Waals surface area contributed by atoms with Gasteiger partial charge in [-0.1, -0.05) is 32.0 Å². The highest BCUT2D eigenvalue weighted by Crippen LogP contribution is 2.32. The van der Waals surface area contributed by atoms with E-state index in [1.165, 1.54) is 0 Å². The monoisotopic (exact) mass is 448 g/mol. The number of fused-ring (bicyclic) bond motifs is 1. The summed E-state index contributed by atoms with van der Waals surface area (Å²) in [4.78, 5) is 31.9. The summed E-state index contributed by atoms with van der Waals surface area (Å²) in [7, 11) is 1.80. The summed E-state index contributed by atoms with van der Waals surface area (Å²) in [5, 5.41) is 13.3. The molecule has 2 aromatic carbocycles. The first-order chi connectivity index (χ1) is 15.7. The fourth-order valence-corrected chi connectivity index (χ4v) is 4.54. The second-order valence-electron chi connectivity index (χ2n) is 9.77. The summed E-state index contributed by atoms with van der Waals surface area (Å²) in [5.41, 5.74) is 3.84. The Hall–Kier alpha value is -3.35. The Morgan fingerprint density at radius 3 is 2.58 bits per heavy atom. The minimum atomic E-state index is -0.960. The number of aryl methyl sites for hydroxylation is 1. The number of anilines is 2. The Morgan fingerprint density at radius 2 is 1.88 bits per heavy atom. The maximum atomic E-state index is 13.3. The SMILES string of the molecule is Cc1cc(CCNc2ccccc2C(=O)O)c2nc(N3CCC(C)(C)CC3)n(C)c(=O)c2c1. The van der Waals surface area contributed by atoms with Gasteiger partial charge in [-0.3, -0.25) is 9.36 Å². The van der Waals surface area contributed by atoms with Crippen molar-refractivity contribution >= 4 is 28.5 Å². The quantitative estimate of drug-likeness (QED) is 0.587. The number of nitrogens with zero attached hydrogens (tertiary/aromatic N) is 3. The van der Waals surface area contributed by atoms with Gasteiger partial charge in [-0.05, 0) is 60.9 Å². The van der Waals surface area contributed by atoms with Crippen LogP contribution in [0.2, 0.25) is 0 Å². The molecule has 0 unspecified atom stereocenters. The van der Waals surface area contributed by atoms with Crippen molar-refractivity contribution in [1.29, 1.82) is 0 Å². The Kier molecular flexibility index (Phi) is 6.15. The second-order valence-corrected chi connectivity index (χ2v) is 9.77. The lowest BCUT2D eigenvalue weighted by molar-refractivity contribution is 0.0698. The first-order valence-electron chi connectivity index (χ1n) is 11.5. The van der Waals surface area contributed by atoms with Crippen molar-refractivity contribution in [3.05, 3.63) is 63.4 Å². The number of carboxylic acid groups (broad SMARTS) is 1. The number of rotatable bonds is 6. The van der Waals surface area contributed by atoms with Crippen molar-refractivity contribution < 1.29 is 9.90 Å². The lowest BCUT2D eigenvalue weighted by atomic mass is 9.83. The summed E-state index contributed by atoms with van der Waals surface area (Å²) in [6, 6.07) is 10.9. The molecule has 174 valence electrons. The molecule has 0 radical (unpaired) electrons. The van der Waals surface area contributed by atoms with E-state index in [1.54, 1.807) is 29.8 Å².